The number of anilines is 1. The van der Waals surface area contributed by atoms with Gasteiger partial charge < -0.3 is 9.84 Å². The van der Waals surface area contributed by atoms with E-state index in [4.69, 9.17) is 4.52 Å². The first-order valence-electron chi connectivity index (χ1n) is 6.52. The Morgan fingerprint density at radius 3 is 2.70 bits per heavy atom. The molecule has 8 nitrogen and oxygen atoms in total. The van der Waals surface area contributed by atoms with Crippen LogP contribution in [-0.2, 0) is 14.1 Å². The number of fused-ring (bicyclic) bond motifs is 1. The summed E-state index contributed by atoms with van der Waals surface area (Å²) in [7, 11) is 2.66. The number of aromatic nitrogens is 3. The van der Waals surface area contributed by atoms with E-state index >= 15 is 0 Å². The summed E-state index contributed by atoms with van der Waals surface area (Å²) in [6.07, 6.45) is 0. The normalized spacial score (nSPS) is 10.9. The molecule has 0 unspecified atom stereocenters. The van der Waals surface area contributed by atoms with Gasteiger partial charge in [0.15, 0.2) is 11.4 Å². The predicted octanol–water partition coefficient (Wildman–Crippen LogP) is 0.617. The third kappa shape index (κ3) is 2.41. The summed E-state index contributed by atoms with van der Waals surface area (Å²) in [5.74, 6) is -1.25. The molecule has 1 N–H and O–H groups in total. The number of halogens is 1. The average Bonchev–Trinajstić information content (AvgIpc) is 2.91. The second kappa shape index (κ2) is 5.20. The largest absolute Gasteiger partial charge is 0.354 e. The van der Waals surface area contributed by atoms with E-state index in [1.807, 2.05) is 0 Å². The molecule has 0 fully saturated rings. The fourth-order valence-electron chi connectivity index (χ4n) is 2.12. The smallest absolute Gasteiger partial charge is 0.331 e. The molecule has 0 radical (unpaired) electrons. The van der Waals surface area contributed by atoms with Crippen molar-refractivity contribution in [3.63, 3.8) is 0 Å². The van der Waals surface area contributed by atoms with E-state index in [-0.39, 0.29) is 16.9 Å². The van der Waals surface area contributed by atoms with Crippen LogP contribution in [0.5, 0.6) is 0 Å². The van der Waals surface area contributed by atoms with Gasteiger partial charge in [0.25, 0.3) is 11.5 Å². The van der Waals surface area contributed by atoms with E-state index in [0.717, 1.165) is 21.3 Å². The van der Waals surface area contributed by atoms with E-state index < -0.39 is 23.0 Å². The third-order valence-electron chi connectivity index (χ3n) is 3.42. The Morgan fingerprint density at radius 1 is 1.22 bits per heavy atom. The first kappa shape index (κ1) is 14.7. The Balaban J connectivity index is 2.03. The average molecular weight is 318 g/mol. The predicted molar refractivity (Wildman–Crippen MR) is 78.8 cm³/mol. The number of benzene rings is 1. The third-order valence-corrected chi connectivity index (χ3v) is 3.42. The molecule has 0 saturated heterocycles. The maximum absolute atomic E-state index is 13.3. The minimum absolute atomic E-state index is 0.00220. The van der Waals surface area contributed by atoms with E-state index in [2.05, 4.69) is 10.5 Å². The molecule has 0 atom stereocenters. The maximum atomic E-state index is 13.3. The summed E-state index contributed by atoms with van der Waals surface area (Å²) in [5, 5.41) is 6.33. The van der Waals surface area contributed by atoms with Crippen molar-refractivity contribution in [2.45, 2.75) is 0 Å². The summed E-state index contributed by atoms with van der Waals surface area (Å²) in [6, 6.07) is 4.76. The Hall–Kier alpha value is -3.23. The molecule has 23 heavy (non-hydrogen) atoms. The quantitative estimate of drug-likeness (QED) is 0.746. The van der Waals surface area contributed by atoms with Crippen LogP contribution in [0.2, 0.25) is 0 Å². The summed E-state index contributed by atoms with van der Waals surface area (Å²) >= 11 is 0. The zero-order valence-electron chi connectivity index (χ0n) is 12.2. The van der Waals surface area contributed by atoms with Crippen molar-refractivity contribution in [1.82, 2.24) is 14.3 Å². The van der Waals surface area contributed by atoms with Crippen LogP contribution in [0, 0.1) is 5.82 Å². The van der Waals surface area contributed by atoms with Crippen LogP contribution in [0.15, 0.2) is 38.4 Å². The van der Waals surface area contributed by atoms with Crippen molar-refractivity contribution in [3.8, 4) is 0 Å². The summed E-state index contributed by atoms with van der Waals surface area (Å²) < 4.78 is 20.2. The first-order chi connectivity index (χ1) is 10.9. The zero-order chi connectivity index (χ0) is 16.7. The van der Waals surface area contributed by atoms with E-state index in [9.17, 15) is 18.8 Å². The molecule has 0 aliphatic rings. The highest BCUT2D eigenvalue weighted by atomic mass is 19.1. The van der Waals surface area contributed by atoms with Crippen LogP contribution < -0.4 is 16.6 Å². The number of hydrogen-bond acceptors (Lipinski definition) is 5. The second-order valence-electron chi connectivity index (χ2n) is 4.89. The van der Waals surface area contributed by atoms with Gasteiger partial charge >= 0.3 is 5.69 Å². The lowest BCUT2D eigenvalue weighted by Crippen LogP contribution is -2.40. The molecular weight excluding hydrogens is 307 g/mol. The van der Waals surface area contributed by atoms with Crippen molar-refractivity contribution >= 4 is 22.7 Å². The maximum Gasteiger partial charge on any atom is 0.331 e. The van der Waals surface area contributed by atoms with Gasteiger partial charge in [-0.2, -0.15) is 0 Å². The van der Waals surface area contributed by atoms with Crippen molar-refractivity contribution in [3.05, 3.63) is 56.6 Å². The molecule has 1 aromatic carbocycles. The zero-order valence-corrected chi connectivity index (χ0v) is 12.2. The van der Waals surface area contributed by atoms with Crippen molar-refractivity contribution in [2.24, 2.45) is 14.1 Å². The summed E-state index contributed by atoms with van der Waals surface area (Å²) in [6.45, 7) is 0. The fourth-order valence-corrected chi connectivity index (χ4v) is 2.12. The number of carbonyl (C=O) groups excluding carboxylic acids is 1. The van der Waals surface area contributed by atoms with Crippen molar-refractivity contribution in [2.75, 3.05) is 5.32 Å². The number of carbonyl (C=O) groups is 1. The van der Waals surface area contributed by atoms with Gasteiger partial charge in [0.1, 0.15) is 11.5 Å². The number of hydrogen-bond donors (Lipinski definition) is 1. The van der Waals surface area contributed by atoms with Gasteiger partial charge in [-0.1, -0.05) is 5.16 Å². The molecule has 1 amide bonds. The lowest BCUT2D eigenvalue weighted by molar-refractivity contribution is 0.101. The molecule has 0 saturated carbocycles. The first-order valence-corrected chi connectivity index (χ1v) is 6.52. The SMILES string of the molecule is Cn1c(C(=O)Nc2noc3ccc(F)cc23)cc(=O)n(C)c1=O. The Morgan fingerprint density at radius 2 is 1.96 bits per heavy atom. The molecule has 3 aromatic rings. The van der Waals surface area contributed by atoms with E-state index in [0.29, 0.717) is 5.58 Å². The number of rotatable bonds is 2. The molecule has 0 bridgehead atoms. The van der Waals surface area contributed by atoms with Gasteiger partial charge in [-0.25, -0.2) is 9.18 Å². The van der Waals surface area contributed by atoms with Crippen molar-refractivity contribution in [1.29, 1.82) is 0 Å². The molecule has 0 aliphatic heterocycles. The molecule has 3 rings (SSSR count). The molecule has 9 heteroatoms. The van der Waals surface area contributed by atoms with Crippen LogP contribution >= 0.6 is 0 Å². The lowest BCUT2D eigenvalue weighted by Gasteiger charge is -2.08. The highest BCUT2D eigenvalue weighted by Gasteiger charge is 2.17. The van der Waals surface area contributed by atoms with E-state index in [1.165, 1.54) is 26.2 Å². The van der Waals surface area contributed by atoms with Crippen LogP contribution in [0.4, 0.5) is 10.2 Å². The fraction of sp³-hybridized carbons (Fsp3) is 0.143. The highest BCUT2D eigenvalue weighted by molar-refractivity contribution is 6.06. The number of nitrogens with zero attached hydrogens (tertiary/aromatic N) is 3. The van der Waals surface area contributed by atoms with Crippen LogP contribution in [0.3, 0.4) is 0 Å². The minimum atomic E-state index is -0.734. The standard InChI is InChI=1S/C14H11FN4O4/c1-18-9(6-11(20)19(2)14(18)22)13(21)16-12-8-5-7(15)3-4-10(8)23-17-12/h3-6H,1-2H3,(H,16,17,21). The van der Waals surface area contributed by atoms with Gasteiger partial charge in [-0.3, -0.25) is 18.7 Å². The van der Waals surface area contributed by atoms with Gasteiger partial charge in [0.05, 0.1) is 5.39 Å². The Labute approximate surface area is 127 Å². The van der Waals surface area contributed by atoms with Gasteiger partial charge in [0, 0.05) is 20.2 Å². The number of amides is 1. The van der Waals surface area contributed by atoms with Crippen LogP contribution in [-0.4, -0.2) is 20.2 Å². The highest BCUT2D eigenvalue weighted by Crippen LogP contribution is 2.23. The van der Waals surface area contributed by atoms with Crippen molar-refractivity contribution < 1.29 is 13.7 Å². The molecule has 2 aromatic heterocycles. The summed E-state index contributed by atoms with van der Waals surface area (Å²) in [5.41, 5.74) is -1.11. The number of nitrogens with one attached hydrogen (secondary N) is 1. The Bertz CT molecular complexity index is 1050. The minimum Gasteiger partial charge on any atom is -0.354 e. The lowest BCUT2D eigenvalue weighted by atomic mass is 10.2. The van der Waals surface area contributed by atoms with Gasteiger partial charge in [0.2, 0.25) is 0 Å². The van der Waals surface area contributed by atoms with Gasteiger partial charge in [-0.05, 0) is 18.2 Å². The Kier molecular flexibility index (Phi) is 3.32. The van der Waals surface area contributed by atoms with E-state index in [1.54, 1.807) is 0 Å². The van der Waals surface area contributed by atoms with Crippen LogP contribution in [0.25, 0.3) is 11.0 Å². The molecule has 0 aliphatic carbocycles. The molecule has 2 heterocycles. The molecule has 0 spiro atoms. The monoisotopic (exact) mass is 318 g/mol. The summed E-state index contributed by atoms with van der Waals surface area (Å²) in [4.78, 5) is 35.8. The second-order valence-corrected chi connectivity index (χ2v) is 4.89. The molecule has 118 valence electrons. The van der Waals surface area contributed by atoms with Gasteiger partial charge in [-0.15, -0.1) is 0 Å². The molecular formula is C14H11FN4O4. The van der Waals surface area contributed by atoms with Crippen LogP contribution in [0.1, 0.15) is 10.5 Å². The topological polar surface area (TPSA) is 99.1 Å².